The normalized spacial score (nSPS) is 10.2. The Morgan fingerprint density at radius 3 is 2.30 bits per heavy atom. The summed E-state index contributed by atoms with van der Waals surface area (Å²) >= 11 is 11.7. The zero-order valence-electron chi connectivity index (χ0n) is 12.5. The van der Waals surface area contributed by atoms with Crippen molar-refractivity contribution in [3.05, 3.63) is 63.6 Å². The molecule has 0 saturated heterocycles. The molecule has 0 aromatic heterocycles. The van der Waals surface area contributed by atoms with E-state index in [-0.39, 0.29) is 12.3 Å². The quantitative estimate of drug-likeness (QED) is 0.802. The molecule has 2 rings (SSSR count). The highest BCUT2D eigenvalue weighted by Gasteiger charge is 2.10. The summed E-state index contributed by atoms with van der Waals surface area (Å²) in [6, 6.07) is 12.5. The van der Waals surface area contributed by atoms with E-state index in [1.165, 1.54) is 6.07 Å². The van der Waals surface area contributed by atoms with E-state index in [9.17, 15) is 9.59 Å². The Morgan fingerprint density at radius 2 is 1.65 bits per heavy atom. The maximum Gasteiger partial charge on any atom is 0.233 e. The Bertz CT molecular complexity index is 715. The number of anilines is 1. The Labute approximate surface area is 144 Å². The van der Waals surface area contributed by atoms with Crippen molar-refractivity contribution < 1.29 is 9.59 Å². The average molecular weight is 351 g/mol. The predicted octanol–water partition coefficient (Wildman–Crippen LogP) is 3.95. The standard InChI is InChI=1S/C17H16Cl2N2O2/c1-11-2-4-12(5-3-11)10-20-16(22)9-17(23)21-13-6-7-14(18)15(19)8-13/h2-8H,9-10H2,1H3,(H,20,22)(H,21,23). The van der Waals surface area contributed by atoms with E-state index in [2.05, 4.69) is 10.6 Å². The Balaban J connectivity index is 1.81. The molecule has 0 aliphatic rings. The van der Waals surface area contributed by atoms with Gasteiger partial charge in [-0.25, -0.2) is 0 Å². The van der Waals surface area contributed by atoms with Crippen LogP contribution < -0.4 is 10.6 Å². The summed E-state index contributed by atoms with van der Waals surface area (Å²) < 4.78 is 0. The minimum Gasteiger partial charge on any atom is -0.352 e. The molecule has 2 aromatic carbocycles. The van der Waals surface area contributed by atoms with E-state index in [0.29, 0.717) is 22.3 Å². The summed E-state index contributed by atoms with van der Waals surface area (Å²) in [7, 11) is 0. The average Bonchev–Trinajstić information content (AvgIpc) is 2.50. The van der Waals surface area contributed by atoms with Crippen LogP contribution in [0, 0.1) is 6.92 Å². The lowest BCUT2D eigenvalue weighted by atomic mass is 10.1. The first-order chi connectivity index (χ1) is 10.9. The second-order valence-electron chi connectivity index (χ2n) is 5.12. The van der Waals surface area contributed by atoms with Gasteiger partial charge in [-0.05, 0) is 30.7 Å². The fourth-order valence-corrected chi connectivity index (χ4v) is 2.19. The number of aryl methyl sites for hydroxylation is 1. The van der Waals surface area contributed by atoms with E-state index in [1.807, 2.05) is 31.2 Å². The van der Waals surface area contributed by atoms with Crippen molar-refractivity contribution in [3.8, 4) is 0 Å². The molecular formula is C17H16Cl2N2O2. The molecule has 2 N–H and O–H groups in total. The Hall–Kier alpha value is -2.04. The zero-order valence-corrected chi connectivity index (χ0v) is 14.0. The predicted molar refractivity (Wildman–Crippen MR) is 92.7 cm³/mol. The highest BCUT2D eigenvalue weighted by atomic mass is 35.5. The number of rotatable bonds is 5. The van der Waals surface area contributed by atoms with Gasteiger partial charge in [-0.1, -0.05) is 53.0 Å². The van der Waals surface area contributed by atoms with Gasteiger partial charge in [0.15, 0.2) is 0 Å². The Morgan fingerprint density at radius 1 is 0.957 bits per heavy atom. The summed E-state index contributed by atoms with van der Waals surface area (Å²) in [6.45, 7) is 2.38. The van der Waals surface area contributed by atoms with E-state index in [4.69, 9.17) is 23.2 Å². The minimum absolute atomic E-state index is 0.258. The third-order valence-electron chi connectivity index (χ3n) is 3.13. The van der Waals surface area contributed by atoms with Gasteiger partial charge in [0.2, 0.25) is 11.8 Å². The number of nitrogens with one attached hydrogen (secondary N) is 2. The topological polar surface area (TPSA) is 58.2 Å². The molecule has 6 heteroatoms. The fraction of sp³-hybridized carbons (Fsp3) is 0.176. The maximum absolute atomic E-state index is 11.8. The van der Waals surface area contributed by atoms with Crippen LogP contribution in [0.25, 0.3) is 0 Å². The molecule has 0 aliphatic heterocycles. The lowest BCUT2D eigenvalue weighted by molar-refractivity contribution is -0.126. The fourth-order valence-electron chi connectivity index (χ4n) is 1.89. The summed E-state index contributed by atoms with van der Waals surface area (Å²) in [5.74, 6) is -0.757. The van der Waals surface area contributed by atoms with Gasteiger partial charge in [0.25, 0.3) is 0 Å². The third kappa shape index (κ3) is 5.58. The van der Waals surface area contributed by atoms with Gasteiger partial charge in [-0.3, -0.25) is 9.59 Å². The lowest BCUT2D eigenvalue weighted by Gasteiger charge is -2.08. The molecule has 0 bridgehead atoms. The summed E-state index contributed by atoms with van der Waals surface area (Å²) in [6.07, 6.45) is -0.258. The van der Waals surface area contributed by atoms with Gasteiger partial charge in [0.1, 0.15) is 6.42 Å². The van der Waals surface area contributed by atoms with Crippen LogP contribution >= 0.6 is 23.2 Å². The van der Waals surface area contributed by atoms with Gasteiger partial charge in [0, 0.05) is 12.2 Å². The van der Waals surface area contributed by atoms with Crippen LogP contribution in [0.2, 0.25) is 10.0 Å². The zero-order chi connectivity index (χ0) is 16.8. The van der Waals surface area contributed by atoms with E-state index in [0.717, 1.165) is 11.1 Å². The number of carbonyl (C=O) groups is 2. The highest BCUT2D eigenvalue weighted by Crippen LogP contribution is 2.24. The first-order valence-corrected chi connectivity index (χ1v) is 7.77. The van der Waals surface area contributed by atoms with Crippen molar-refractivity contribution in [2.75, 3.05) is 5.32 Å². The molecular weight excluding hydrogens is 335 g/mol. The monoisotopic (exact) mass is 350 g/mol. The van der Waals surface area contributed by atoms with E-state index in [1.54, 1.807) is 12.1 Å². The molecule has 0 radical (unpaired) electrons. The lowest BCUT2D eigenvalue weighted by Crippen LogP contribution is -2.27. The number of amides is 2. The number of hydrogen-bond acceptors (Lipinski definition) is 2. The second-order valence-corrected chi connectivity index (χ2v) is 5.93. The second kappa shape index (κ2) is 7.99. The smallest absolute Gasteiger partial charge is 0.233 e. The maximum atomic E-state index is 11.8. The van der Waals surface area contributed by atoms with Crippen molar-refractivity contribution in [1.82, 2.24) is 5.32 Å². The van der Waals surface area contributed by atoms with E-state index >= 15 is 0 Å². The molecule has 0 saturated carbocycles. The molecule has 120 valence electrons. The van der Waals surface area contributed by atoms with Crippen LogP contribution in [0.15, 0.2) is 42.5 Å². The molecule has 0 spiro atoms. The Kier molecular flexibility index (Phi) is 6.02. The minimum atomic E-state index is -0.412. The van der Waals surface area contributed by atoms with Crippen LogP contribution in [0.3, 0.4) is 0 Å². The summed E-state index contributed by atoms with van der Waals surface area (Å²) in [4.78, 5) is 23.6. The molecule has 0 atom stereocenters. The SMILES string of the molecule is Cc1ccc(CNC(=O)CC(=O)Nc2ccc(Cl)c(Cl)c2)cc1. The van der Waals surface area contributed by atoms with Crippen LogP contribution in [-0.4, -0.2) is 11.8 Å². The van der Waals surface area contributed by atoms with Crippen molar-refractivity contribution in [2.24, 2.45) is 0 Å². The molecule has 2 aromatic rings. The van der Waals surface area contributed by atoms with E-state index < -0.39 is 5.91 Å². The molecule has 23 heavy (non-hydrogen) atoms. The van der Waals surface area contributed by atoms with Gasteiger partial charge >= 0.3 is 0 Å². The first-order valence-electron chi connectivity index (χ1n) is 7.01. The summed E-state index contributed by atoms with van der Waals surface area (Å²) in [5, 5.41) is 6.06. The molecule has 4 nitrogen and oxygen atoms in total. The van der Waals surface area contributed by atoms with Gasteiger partial charge < -0.3 is 10.6 Å². The number of hydrogen-bond donors (Lipinski definition) is 2. The van der Waals surface area contributed by atoms with Crippen molar-refractivity contribution in [2.45, 2.75) is 19.9 Å². The molecule has 0 aliphatic carbocycles. The molecule has 0 heterocycles. The van der Waals surface area contributed by atoms with Crippen molar-refractivity contribution in [3.63, 3.8) is 0 Å². The summed E-state index contributed by atoms with van der Waals surface area (Å²) in [5.41, 5.74) is 2.63. The van der Waals surface area contributed by atoms with Crippen molar-refractivity contribution in [1.29, 1.82) is 0 Å². The number of halogens is 2. The van der Waals surface area contributed by atoms with Gasteiger partial charge in [-0.15, -0.1) is 0 Å². The van der Waals surface area contributed by atoms with Crippen LogP contribution in [0.1, 0.15) is 17.5 Å². The molecule has 0 unspecified atom stereocenters. The van der Waals surface area contributed by atoms with Crippen molar-refractivity contribution >= 4 is 40.7 Å². The van der Waals surface area contributed by atoms with Gasteiger partial charge in [-0.2, -0.15) is 0 Å². The molecule has 2 amide bonds. The number of carbonyl (C=O) groups excluding carboxylic acids is 2. The van der Waals surface area contributed by atoms with Crippen LogP contribution in [0.4, 0.5) is 5.69 Å². The third-order valence-corrected chi connectivity index (χ3v) is 3.87. The van der Waals surface area contributed by atoms with Crippen LogP contribution in [0.5, 0.6) is 0 Å². The first kappa shape index (κ1) is 17.3. The van der Waals surface area contributed by atoms with Gasteiger partial charge in [0.05, 0.1) is 10.0 Å². The number of benzene rings is 2. The van der Waals surface area contributed by atoms with Crippen LogP contribution in [-0.2, 0) is 16.1 Å². The molecule has 0 fully saturated rings. The largest absolute Gasteiger partial charge is 0.352 e. The highest BCUT2D eigenvalue weighted by molar-refractivity contribution is 6.42.